The van der Waals surface area contributed by atoms with E-state index in [1.807, 2.05) is 0 Å². The van der Waals surface area contributed by atoms with Crippen LogP contribution >= 0.6 is 0 Å². The maximum absolute atomic E-state index is 13.5. The first-order valence-electron chi connectivity index (χ1n) is 6.24. The van der Waals surface area contributed by atoms with Crippen LogP contribution in [-0.4, -0.2) is 46.3 Å². The van der Waals surface area contributed by atoms with Crippen molar-refractivity contribution in [1.29, 1.82) is 0 Å². The predicted molar refractivity (Wildman–Crippen MR) is 69.2 cm³/mol. The van der Waals surface area contributed by atoms with Crippen LogP contribution in [0.1, 0.15) is 23.2 Å². The molecule has 1 aromatic rings. The Balaban J connectivity index is 2.08. The van der Waals surface area contributed by atoms with Crippen LogP contribution in [0.3, 0.4) is 0 Å². The first-order valence-corrected chi connectivity index (χ1v) is 6.24. The standard InChI is InChI=1S/C13H15FN2O4/c14-11-6-8(3-4-10(11)12(18)19)15-13(20)16-5-1-2-9(16)7-17/h3-4,6,9,17H,1-2,5,7H2,(H,15,20)(H,18,19). The number of hydrogen-bond acceptors (Lipinski definition) is 3. The summed E-state index contributed by atoms with van der Waals surface area (Å²) >= 11 is 0. The summed E-state index contributed by atoms with van der Waals surface area (Å²) < 4.78 is 13.5. The van der Waals surface area contributed by atoms with Gasteiger partial charge in [0.1, 0.15) is 5.82 Å². The Morgan fingerprint density at radius 2 is 2.20 bits per heavy atom. The molecule has 0 bridgehead atoms. The van der Waals surface area contributed by atoms with Crippen molar-refractivity contribution >= 4 is 17.7 Å². The van der Waals surface area contributed by atoms with Crippen molar-refractivity contribution in [3.8, 4) is 0 Å². The number of anilines is 1. The minimum Gasteiger partial charge on any atom is -0.478 e. The Labute approximate surface area is 114 Å². The van der Waals surface area contributed by atoms with E-state index in [0.717, 1.165) is 25.0 Å². The number of carboxylic acids is 1. The predicted octanol–water partition coefficient (Wildman–Crippen LogP) is 1.51. The largest absolute Gasteiger partial charge is 0.478 e. The number of halogens is 1. The van der Waals surface area contributed by atoms with Gasteiger partial charge in [0.15, 0.2) is 0 Å². The molecule has 1 aliphatic rings. The highest BCUT2D eigenvalue weighted by atomic mass is 19.1. The lowest BCUT2D eigenvalue weighted by Gasteiger charge is -2.23. The van der Waals surface area contributed by atoms with Gasteiger partial charge in [-0.1, -0.05) is 0 Å². The fraction of sp³-hybridized carbons (Fsp3) is 0.385. The van der Waals surface area contributed by atoms with E-state index in [1.54, 1.807) is 0 Å². The third-order valence-corrected chi connectivity index (χ3v) is 3.30. The molecule has 108 valence electrons. The third kappa shape index (κ3) is 2.88. The Kier molecular flexibility index (Phi) is 4.19. The maximum atomic E-state index is 13.5. The summed E-state index contributed by atoms with van der Waals surface area (Å²) in [5, 5.41) is 20.4. The summed E-state index contributed by atoms with van der Waals surface area (Å²) in [6.45, 7) is 0.423. The smallest absolute Gasteiger partial charge is 0.338 e. The van der Waals surface area contributed by atoms with Crippen LogP contribution in [0.4, 0.5) is 14.9 Å². The van der Waals surface area contributed by atoms with Crippen molar-refractivity contribution in [2.24, 2.45) is 0 Å². The molecule has 2 rings (SSSR count). The molecule has 1 heterocycles. The molecule has 0 radical (unpaired) electrons. The van der Waals surface area contributed by atoms with Crippen molar-refractivity contribution in [2.45, 2.75) is 18.9 Å². The van der Waals surface area contributed by atoms with E-state index in [2.05, 4.69) is 5.32 Å². The number of nitrogens with one attached hydrogen (secondary N) is 1. The molecule has 0 saturated carbocycles. The van der Waals surface area contributed by atoms with Crippen molar-refractivity contribution in [1.82, 2.24) is 4.90 Å². The second kappa shape index (κ2) is 5.87. The number of carbonyl (C=O) groups is 2. The summed E-state index contributed by atoms with van der Waals surface area (Å²) in [7, 11) is 0. The molecule has 1 unspecified atom stereocenters. The summed E-state index contributed by atoms with van der Waals surface area (Å²) in [5.41, 5.74) is -0.265. The highest BCUT2D eigenvalue weighted by Crippen LogP contribution is 2.20. The number of likely N-dealkylation sites (tertiary alicyclic amines) is 1. The highest BCUT2D eigenvalue weighted by molar-refractivity contribution is 5.92. The van der Waals surface area contributed by atoms with Gasteiger partial charge in [0.25, 0.3) is 0 Å². The fourth-order valence-corrected chi connectivity index (χ4v) is 2.25. The average Bonchev–Trinajstić information content (AvgIpc) is 2.86. The average molecular weight is 282 g/mol. The van der Waals surface area contributed by atoms with Gasteiger partial charge < -0.3 is 20.4 Å². The van der Waals surface area contributed by atoms with Crippen LogP contribution in [0, 0.1) is 5.82 Å². The number of carboxylic acid groups (broad SMARTS) is 1. The van der Waals surface area contributed by atoms with Crippen LogP contribution in [0.15, 0.2) is 18.2 Å². The molecular weight excluding hydrogens is 267 g/mol. The summed E-state index contributed by atoms with van der Waals surface area (Å²) in [5.74, 6) is -2.27. The van der Waals surface area contributed by atoms with Crippen molar-refractivity contribution in [3.63, 3.8) is 0 Å². The van der Waals surface area contributed by atoms with E-state index in [9.17, 15) is 14.0 Å². The monoisotopic (exact) mass is 282 g/mol. The van der Waals surface area contributed by atoms with Crippen molar-refractivity contribution in [3.05, 3.63) is 29.6 Å². The number of hydrogen-bond donors (Lipinski definition) is 3. The lowest BCUT2D eigenvalue weighted by molar-refractivity contribution is 0.0692. The number of aromatic carboxylic acids is 1. The molecule has 0 aromatic heterocycles. The van der Waals surface area contributed by atoms with E-state index in [0.29, 0.717) is 6.54 Å². The number of urea groups is 1. The summed E-state index contributed by atoms with van der Waals surface area (Å²) in [6, 6.07) is 2.74. The molecule has 1 atom stereocenters. The maximum Gasteiger partial charge on any atom is 0.338 e. The lowest BCUT2D eigenvalue weighted by Crippen LogP contribution is -2.40. The van der Waals surface area contributed by atoms with Crippen molar-refractivity contribution in [2.75, 3.05) is 18.5 Å². The van der Waals surface area contributed by atoms with Gasteiger partial charge in [-0.3, -0.25) is 0 Å². The van der Waals surface area contributed by atoms with Crippen LogP contribution in [0.5, 0.6) is 0 Å². The van der Waals surface area contributed by atoms with Gasteiger partial charge in [-0.25, -0.2) is 14.0 Å². The summed E-state index contributed by atoms with van der Waals surface area (Å²) in [6.07, 6.45) is 1.54. The quantitative estimate of drug-likeness (QED) is 0.784. The van der Waals surface area contributed by atoms with E-state index >= 15 is 0 Å². The zero-order valence-corrected chi connectivity index (χ0v) is 10.7. The van der Waals surface area contributed by atoms with E-state index in [-0.39, 0.29) is 18.3 Å². The lowest BCUT2D eigenvalue weighted by atomic mass is 10.2. The molecule has 3 N–H and O–H groups in total. The first-order chi connectivity index (χ1) is 9.52. The van der Waals surface area contributed by atoms with Gasteiger partial charge in [-0.05, 0) is 31.0 Å². The minimum atomic E-state index is -1.36. The Morgan fingerprint density at radius 1 is 1.45 bits per heavy atom. The van der Waals surface area contributed by atoms with Gasteiger partial charge in [-0.2, -0.15) is 0 Å². The summed E-state index contributed by atoms with van der Waals surface area (Å²) in [4.78, 5) is 24.2. The molecule has 6 nitrogen and oxygen atoms in total. The Morgan fingerprint density at radius 3 is 2.80 bits per heavy atom. The number of benzene rings is 1. The number of aliphatic hydroxyl groups is 1. The highest BCUT2D eigenvalue weighted by Gasteiger charge is 2.28. The second-order valence-corrected chi connectivity index (χ2v) is 4.60. The molecule has 1 aromatic carbocycles. The molecule has 1 aliphatic heterocycles. The van der Waals surface area contributed by atoms with Crippen LogP contribution in [0.2, 0.25) is 0 Å². The first kappa shape index (κ1) is 14.3. The van der Waals surface area contributed by atoms with Gasteiger partial charge in [0.2, 0.25) is 0 Å². The number of nitrogens with zero attached hydrogens (tertiary/aromatic N) is 1. The number of rotatable bonds is 3. The van der Waals surface area contributed by atoms with E-state index < -0.39 is 23.4 Å². The van der Waals surface area contributed by atoms with Gasteiger partial charge in [0.05, 0.1) is 18.2 Å². The topological polar surface area (TPSA) is 89.9 Å². The number of amides is 2. The molecule has 1 fully saturated rings. The van der Waals surface area contributed by atoms with Crippen LogP contribution in [0.25, 0.3) is 0 Å². The van der Waals surface area contributed by atoms with Gasteiger partial charge in [-0.15, -0.1) is 0 Å². The Hall–Kier alpha value is -2.15. The molecule has 1 saturated heterocycles. The normalized spacial score (nSPS) is 18.1. The second-order valence-electron chi connectivity index (χ2n) is 4.60. The molecular formula is C13H15FN2O4. The van der Waals surface area contributed by atoms with E-state index in [1.165, 1.54) is 11.0 Å². The SMILES string of the molecule is O=C(O)c1ccc(NC(=O)N2CCCC2CO)cc1F. The fourth-order valence-electron chi connectivity index (χ4n) is 2.25. The Bertz CT molecular complexity index is 535. The third-order valence-electron chi connectivity index (χ3n) is 3.30. The minimum absolute atomic E-state index is 0.111. The molecule has 20 heavy (non-hydrogen) atoms. The number of aliphatic hydroxyl groups excluding tert-OH is 1. The zero-order valence-electron chi connectivity index (χ0n) is 10.7. The zero-order chi connectivity index (χ0) is 14.7. The van der Waals surface area contributed by atoms with Gasteiger partial charge in [0, 0.05) is 12.2 Å². The van der Waals surface area contributed by atoms with Crippen LogP contribution in [-0.2, 0) is 0 Å². The molecule has 0 aliphatic carbocycles. The van der Waals surface area contributed by atoms with Crippen molar-refractivity contribution < 1.29 is 24.2 Å². The molecule has 7 heteroatoms. The molecule has 2 amide bonds. The molecule has 0 spiro atoms. The number of carbonyl (C=O) groups excluding carboxylic acids is 1. The van der Waals surface area contributed by atoms with Gasteiger partial charge >= 0.3 is 12.0 Å². The van der Waals surface area contributed by atoms with E-state index in [4.69, 9.17) is 10.2 Å². The van der Waals surface area contributed by atoms with Crippen LogP contribution < -0.4 is 5.32 Å².